The molecule has 8 nitrogen and oxygen atoms in total. The van der Waals surface area contributed by atoms with Crippen molar-refractivity contribution in [2.45, 2.75) is 13.1 Å². The van der Waals surface area contributed by atoms with Crippen LogP contribution in [0.15, 0.2) is 48.5 Å². The summed E-state index contributed by atoms with van der Waals surface area (Å²) in [5.74, 6) is -1.62. The predicted molar refractivity (Wildman–Crippen MR) is 110 cm³/mol. The normalized spacial score (nSPS) is 15.8. The molecule has 1 unspecified atom stereocenters. The first-order valence-corrected chi connectivity index (χ1v) is 9.59. The van der Waals surface area contributed by atoms with Gasteiger partial charge in [0.2, 0.25) is 0 Å². The number of nitrogens with zero attached hydrogens (tertiary/aromatic N) is 2. The molecule has 0 radical (unpaired) electrons. The molecule has 2 aromatic carbocycles. The summed E-state index contributed by atoms with van der Waals surface area (Å²) < 4.78 is 13.6. The molecule has 1 aliphatic rings. The van der Waals surface area contributed by atoms with Crippen LogP contribution in [0.3, 0.4) is 0 Å². The topological polar surface area (TPSA) is 108 Å². The van der Waals surface area contributed by atoms with Gasteiger partial charge in [0.15, 0.2) is 6.17 Å². The molecule has 3 rings (SSSR count). The molecule has 1 saturated heterocycles. The van der Waals surface area contributed by atoms with Crippen molar-refractivity contribution in [3.63, 3.8) is 0 Å². The third-order valence-electron chi connectivity index (χ3n) is 4.75. The highest BCUT2D eigenvalue weighted by Gasteiger charge is 2.42. The fraction of sp³-hybridized carbons (Fsp3) is 0.286. The minimum atomic E-state index is -1.17. The summed E-state index contributed by atoms with van der Waals surface area (Å²) in [4.78, 5) is 41.1. The molecule has 0 spiro atoms. The lowest BCUT2D eigenvalue weighted by Crippen LogP contribution is -2.55. The first kappa shape index (κ1) is 21.3. The fourth-order valence-corrected chi connectivity index (χ4v) is 3.24. The number of nitrogens with one attached hydrogen (secondary N) is 2. The maximum Gasteiger partial charge on any atom is 0.323 e. The number of carbonyl (C=O) groups is 3. The molecule has 1 heterocycles. The lowest BCUT2D eigenvalue weighted by Gasteiger charge is -2.29. The van der Waals surface area contributed by atoms with Crippen LogP contribution in [0.1, 0.15) is 15.9 Å². The third-order valence-corrected chi connectivity index (χ3v) is 4.75. The van der Waals surface area contributed by atoms with Crippen molar-refractivity contribution in [2.24, 2.45) is 5.73 Å². The van der Waals surface area contributed by atoms with Crippen molar-refractivity contribution >= 4 is 23.5 Å². The zero-order chi connectivity index (χ0) is 21.7. The number of hydrogen-bond acceptors (Lipinski definition) is 4. The minimum Gasteiger partial charge on any atom is -0.351 e. The van der Waals surface area contributed by atoms with Gasteiger partial charge in [0.05, 0.1) is 0 Å². The Balaban J connectivity index is 1.83. The van der Waals surface area contributed by atoms with Crippen LogP contribution >= 0.6 is 0 Å². The smallest absolute Gasteiger partial charge is 0.323 e. The fourth-order valence-electron chi connectivity index (χ4n) is 3.24. The minimum absolute atomic E-state index is 0.104. The Hall–Kier alpha value is -3.46. The second-order valence-corrected chi connectivity index (χ2v) is 6.95. The molecule has 0 saturated carbocycles. The van der Waals surface area contributed by atoms with Gasteiger partial charge in [-0.05, 0) is 37.3 Å². The molecular weight excluding hydrogens is 389 g/mol. The quantitative estimate of drug-likeness (QED) is 0.691. The Morgan fingerprint density at radius 2 is 1.80 bits per heavy atom. The summed E-state index contributed by atoms with van der Waals surface area (Å²) in [6.45, 7) is 2.63. The molecule has 9 heteroatoms. The van der Waals surface area contributed by atoms with Crippen molar-refractivity contribution in [2.75, 3.05) is 31.5 Å². The average Bonchev–Trinajstić information content (AvgIpc) is 3.18. The molecule has 158 valence electrons. The monoisotopic (exact) mass is 413 g/mol. The summed E-state index contributed by atoms with van der Waals surface area (Å²) in [6.07, 6.45) is -1.17. The Morgan fingerprint density at radius 3 is 2.47 bits per heavy atom. The summed E-state index contributed by atoms with van der Waals surface area (Å²) >= 11 is 0. The average molecular weight is 413 g/mol. The number of rotatable bonds is 5. The number of amides is 4. The van der Waals surface area contributed by atoms with Gasteiger partial charge in [-0.25, -0.2) is 9.18 Å². The van der Waals surface area contributed by atoms with E-state index in [0.29, 0.717) is 5.69 Å². The molecule has 4 amide bonds. The van der Waals surface area contributed by atoms with Crippen LogP contribution in [0.4, 0.5) is 14.9 Å². The van der Waals surface area contributed by atoms with Gasteiger partial charge in [0, 0.05) is 37.4 Å². The van der Waals surface area contributed by atoms with Crippen LogP contribution in [0.5, 0.6) is 0 Å². The number of urea groups is 1. The van der Waals surface area contributed by atoms with Crippen LogP contribution in [-0.2, 0) is 4.79 Å². The first-order chi connectivity index (χ1) is 14.4. The SMILES string of the molecule is Cc1ccc(NC(=O)N2CCN(C(=O)c3cccc(F)c3)C2C(=O)NCCN)cc1. The molecule has 0 aliphatic carbocycles. The van der Waals surface area contributed by atoms with Crippen molar-refractivity contribution < 1.29 is 18.8 Å². The Kier molecular flexibility index (Phi) is 6.63. The zero-order valence-corrected chi connectivity index (χ0v) is 16.6. The number of hydrogen-bond donors (Lipinski definition) is 3. The maximum atomic E-state index is 13.6. The lowest BCUT2D eigenvalue weighted by molar-refractivity contribution is -0.127. The van der Waals surface area contributed by atoms with Gasteiger partial charge in [-0.1, -0.05) is 23.8 Å². The van der Waals surface area contributed by atoms with Crippen LogP contribution in [-0.4, -0.2) is 60.0 Å². The molecule has 1 fully saturated rings. The number of benzene rings is 2. The molecule has 4 N–H and O–H groups in total. The van der Waals surface area contributed by atoms with Crippen molar-refractivity contribution in [3.05, 3.63) is 65.5 Å². The van der Waals surface area contributed by atoms with E-state index in [-0.39, 0.29) is 31.7 Å². The number of anilines is 1. The summed E-state index contributed by atoms with van der Waals surface area (Å²) in [7, 11) is 0. The van der Waals surface area contributed by atoms with Gasteiger partial charge >= 0.3 is 6.03 Å². The van der Waals surface area contributed by atoms with E-state index in [2.05, 4.69) is 10.6 Å². The van der Waals surface area contributed by atoms with E-state index in [0.717, 1.165) is 11.6 Å². The lowest BCUT2D eigenvalue weighted by atomic mass is 10.2. The van der Waals surface area contributed by atoms with E-state index < -0.39 is 29.8 Å². The maximum absolute atomic E-state index is 13.6. The van der Waals surface area contributed by atoms with Crippen LogP contribution in [0.2, 0.25) is 0 Å². The van der Waals surface area contributed by atoms with Crippen LogP contribution in [0, 0.1) is 12.7 Å². The van der Waals surface area contributed by atoms with E-state index in [4.69, 9.17) is 5.73 Å². The highest BCUT2D eigenvalue weighted by Crippen LogP contribution is 2.21. The largest absolute Gasteiger partial charge is 0.351 e. The Morgan fingerprint density at radius 1 is 1.10 bits per heavy atom. The number of carbonyl (C=O) groups excluding carboxylic acids is 3. The molecule has 1 aliphatic heterocycles. The second-order valence-electron chi connectivity index (χ2n) is 6.95. The summed E-state index contributed by atoms with van der Waals surface area (Å²) in [5, 5.41) is 5.37. The van der Waals surface area contributed by atoms with Gasteiger partial charge in [0.25, 0.3) is 11.8 Å². The van der Waals surface area contributed by atoms with E-state index >= 15 is 0 Å². The Bertz CT molecular complexity index is 934. The van der Waals surface area contributed by atoms with E-state index in [1.54, 1.807) is 12.1 Å². The van der Waals surface area contributed by atoms with Gasteiger partial charge in [-0.3, -0.25) is 14.5 Å². The highest BCUT2D eigenvalue weighted by molar-refractivity contribution is 6.00. The van der Waals surface area contributed by atoms with E-state index in [9.17, 15) is 18.8 Å². The van der Waals surface area contributed by atoms with Crippen molar-refractivity contribution in [1.82, 2.24) is 15.1 Å². The first-order valence-electron chi connectivity index (χ1n) is 9.59. The third kappa shape index (κ3) is 4.74. The number of halogens is 1. The summed E-state index contributed by atoms with van der Waals surface area (Å²) in [5.41, 5.74) is 7.17. The Labute approximate surface area is 173 Å². The molecule has 0 bridgehead atoms. The molecule has 0 aromatic heterocycles. The van der Waals surface area contributed by atoms with Crippen LogP contribution in [0.25, 0.3) is 0 Å². The van der Waals surface area contributed by atoms with E-state index in [1.807, 2.05) is 19.1 Å². The highest BCUT2D eigenvalue weighted by atomic mass is 19.1. The zero-order valence-electron chi connectivity index (χ0n) is 16.6. The van der Waals surface area contributed by atoms with Crippen LogP contribution < -0.4 is 16.4 Å². The van der Waals surface area contributed by atoms with Crippen molar-refractivity contribution in [3.8, 4) is 0 Å². The molecule has 30 heavy (non-hydrogen) atoms. The van der Waals surface area contributed by atoms with Gasteiger partial charge in [-0.15, -0.1) is 0 Å². The second kappa shape index (κ2) is 9.36. The van der Waals surface area contributed by atoms with Gasteiger partial charge in [-0.2, -0.15) is 0 Å². The van der Waals surface area contributed by atoms with E-state index in [1.165, 1.54) is 28.0 Å². The van der Waals surface area contributed by atoms with Gasteiger partial charge in [0.1, 0.15) is 5.82 Å². The number of nitrogens with two attached hydrogens (primary N) is 1. The standard InChI is InChI=1S/C21H24FN5O3/c1-14-5-7-17(8-6-14)25-21(30)27-12-11-26(19(27)18(28)24-10-9-23)20(29)15-3-2-4-16(22)13-15/h2-8,13,19H,9-12,23H2,1H3,(H,24,28)(H,25,30). The summed E-state index contributed by atoms with van der Waals surface area (Å²) in [6, 6.07) is 11.9. The number of aryl methyl sites for hydroxylation is 1. The molecular formula is C21H24FN5O3. The van der Waals surface area contributed by atoms with Crippen molar-refractivity contribution in [1.29, 1.82) is 0 Å². The molecule has 1 atom stereocenters. The molecule has 2 aromatic rings. The predicted octanol–water partition coefficient (Wildman–Crippen LogP) is 1.53. The van der Waals surface area contributed by atoms with Gasteiger partial charge < -0.3 is 21.3 Å².